The molecule has 0 bridgehead atoms. The van der Waals surface area contributed by atoms with Gasteiger partial charge in [-0.2, -0.15) is 0 Å². The third kappa shape index (κ3) is 3.05. The van der Waals surface area contributed by atoms with Crippen molar-refractivity contribution in [2.45, 2.75) is 0 Å². The third-order valence-corrected chi connectivity index (χ3v) is 2.66. The highest BCUT2D eigenvalue weighted by Crippen LogP contribution is 2.20. The smallest absolute Gasteiger partial charge is 0.356 e. The number of nitrogens with zero attached hydrogens (tertiary/aromatic N) is 1. The number of hydrogen-bond acceptors (Lipinski definition) is 4. The predicted octanol–water partition coefficient (Wildman–Crippen LogP) is 2.54. The van der Waals surface area contributed by atoms with Crippen LogP contribution in [0.4, 0.5) is 18.9 Å². The number of carbonyl (C=O) groups is 2. The molecule has 2 aromatic rings. The molecule has 0 saturated carbocycles. The lowest BCUT2D eigenvalue weighted by molar-refractivity contribution is 0.0594. The Bertz CT molecular complexity index is 750. The maximum Gasteiger partial charge on any atom is 0.356 e. The molecule has 114 valence electrons. The lowest BCUT2D eigenvalue weighted by atomic mass is 10.2. The van der Waals surface area contributed by atoms with Crippen LogP contribution in [-0.4, -0.2) is 24.0 Å². The second-order valence-electron chi connectivity index (χ2n) is 4.08. The molecule has 0 spiro atoms. The van der Waals surface area contributed by atoms with Crippen LogP contribution in [0.1, 0.15) is 21.0 Å². The first-order valence-electron chi connectivity index (χ1n) is 5.94. The summed E-state index contributed by atoms with van der Waals surface area (Å²) in [7, 11) is 1.15. The van der Waals surface area contributed by atoms with Crippen molar-refractivity contribution in [2.75, 3.05) is 12.4 Å². The second-order valence-corrected chi connectivity index (χ2v) is 4.08. The Morgan fingerprint density at radius 1 is 1.05 bits per heavy atom. The summed E-state index contributed by atoms with van der Waals surface area (Å²) in [5.41, 5.74) is -0.887. The first-order valence-corrected chi connectivity index (χ1v) is 5.94. The van der Waals surface area contributed by atoms with E-state index < -0.39 is 35.0 Å². The summed E-state index contributed by atoms with van der Waals surface area (Å²) in [6.45, 7) is 0. The fourth-order valence-electron chi connectivity index (χ4n) is 1.59. The number of pyridine rings is 1. The molecule has 1 N–H and O–H groups in total. The van der Waals surface area contributed by atoms with Gasteiger partial charge in [0, 0.05) is 0 Å². The number of halogens is 3. The number of rotatable bonds is 3. The summed E-state index contributed by atoms with van der Waals surface area (Å²) in [6, 6.07) is 5.50. The first kappa shape index (κ1) is 15.5. The predicted molar refractivity (Wildman–Crippen MR) is 69.8 cm³/mol. The van der Waals surface area contributed by atoms with Crippen LogP contribution >= 0.6 is 0 Å². The minimum atomic E-state index is -1.70. The maximum atomic E-state index is 13.5. The van der Waals surface area contributed by atoms with Gasteiger partial charge >= 0.3 is 5.97 Å². The van der Waals surface area contributed by atoms with Crippen molar-refractivity contribution in [2.24, 2.45) is 0 Å². The van der Waals surface area contributed by atoms with Crippen molar-refractivity contribution in [1.29, 1.82) is 0 Å². The highest BCUT2D eigenvalue weighted by molar-refractivity contribution is 6.03. The van der Waals surface area contributed by atoms with Crippen LogP contribution in [0.3, 0.4) is 0 Å². The van der Waals surface area contributed by atoms with Gasteiger partial charge in [-0.15, -0.1) is 0 Å². The lowest BCUT2D eigenvalue weighted by Crippen LogP contribution is -2.17. The SMILES string of the molecule is COC(=O)c1cccc(C(=O)Nc2ccc(F)c(F)c2F)n1. The van der Waals surface area contributed by atoms with E-state index in [0.717, 1.165) is 13.2 Å². The van der Waals surface area contributed by atoms with Gasteiger partial charge in [0.25, 0.3) is 5.91 Å². The average Bonchev–Trinajstić information content (AvgIpc) is 2.54. The van der Waals surface area contributed by atoms with E-state index in [0.29, 0.717) is 6.07 Å². The molecule has 2 rings (SSSR count). The molecule has 0 unspecified atom stereocenters. The van der Waals surface area contributed by atoms with Crippen molar-refractivity contribution in [3.05, 3.63) is 59.2 Å². The normalized spacial score (nSPS) is 10.2. The standard InChI is InChI=1S/C14H9F3N2O3/c1-22-14(21)10-4-2-3-9(18-10)13(20)19-8-6-5-7(15)11(16)12(8)17/h2-6H,1H3,(H,19,20). The van der Waals surface area contributed by atoms with E-state index >= 15 is 0 Å². The topological polar surface area (TPSA) is 68.3 Å². The van der Waals surface area contributed by atoms with E-state index in [1.54, 1.807) is 0 Å². The highest BCUT2D eigenvalue weighted by atomic mass is 19.2. The van der Waals surface area contributed by atoms with Gasteiger partial charge < -0.3 is 10.1 Å². The Balaban J connectivity index is 2.27. The summed E-state index contributed by atoms with van der Waals surface area (Å²) >= 11 is 0. The minimum Gasteiger partial charge on any atom is -0.464 e. The van der Waals surface area contributed by atoms with Crippen LogP contribution in [-0.2, 0) is 4.74 Å². The first-order chi connectivity index (χ1) is 10.4. The van der Waals surface area contributed by atoms with Gasteiger partial charge in [-0.05, 0) is 24.3 Å². The van der Waals surface area contributed by atoms with E-state index in [-0.39, 0.29) is 11.4 Å². The third-order valence-electron chi connectivity index (χ3n) is 2.66. The Hall–Kier alpha value is -2.90. The van der Waals surface area contributed by atoms with E-state index in [9.17, 15) is 22.8 Å². The highest BCUT2D eigenvalue weighted by Gasteiger charge is 2.17. The largest absolute Gasteiger partial charge is 0.464 e. The van der Waals surface area contributed by atoms with Crippen LogP contribution in [0, 0.1) is 17.5 Å². The zero-order valence-corrected chi connectivity index (χ0v) is 11.2. The minimum absolute atomic E-state index is 0.124. The van der Waals surface area contributed by atoms with Crippen molar-refractivity contribution in [1.82, 2.24) is 4.98 Å². The van der Waals surface area contributed by atoms with Gasteiger partial charge in [0.05, 0.1) is 12.8 Å². The Labute approximate surface area is 122 Å². The lowest BCUT2D eigenvalue weighted by Gasteiger charge is -2.07. The molecule has 1 heterocycles. The van der Waals surface area contributed by atoms with Crippen molar-refractivity contribution >= 4 is 17.6 Å². The zero-order chi connectivity index (χ0) is 16.3. The van der Waals surface area contributed by atoms with Gasteiger partial charge in [-0.1, -0.05) is 6.07 Å². The number of benzene rings is 1. The number of carbonyl (C=O) groups excluding carboxylic acids is 2. The summed E-state index contributed by atoms with van der Waals surface area (Å²) in [5.74, 6) is -6.25. The quantitative estimate of drug-likeness (QED) is 0.699. The zero-order valence-electron chi connectivity index (χ0n) is 11.2. The van der Waals surface area contributed by atoms with Crippen LogP contribution < -0.4 is 5.32 Å². The number of hydrogen-bond donors (Lipinski definition) is 1. The number of anilines is 1. The molecule has 0 fully saturated rings. The van der Waals surface area contributed by atoms with Crippen molar-refractivity contribution in [3.63, 3.8) is 0 Å². The summed E-state index contributed by atoms with van der Waals surface area (Å²) in [6.07, 6.45) is 0. The van der Waals surface area contributed by atoms with Crippen LogP contribution in [0.15, 0.2) is 30.3 Å². The molecule has 0 saturated heterocycles. The number of methoxy groups -OCH3 is 1. The van der Waals surface area contributed by atoms with E-state index in [1.165, 1.54) is 18.2 Å². The van der Waals surface area contributed by atoms with Crippen LogP contribution in [0.25, 0.3) is 0 Å². The molecule has 0 aliphatic rings. The molecule has 1 amide bonds. The molecule has 5 nitrogen and oxygen atoms in total. The summed E-state index contributed by atoms with van der Waals surface area (Å²) in [5, 5.41) is 2.04. The number of aromatic nitrogens is 1. The average molecular weight is 310 g/mol. The molecular weight excluding hydrogens is 301 g/mol. The van der Waals surface area contributed by atoms with E-state index in [1.807, 2.05) is 5.32 Å². The molecule has 22 heavy (non-hydrogen) atoms. The van der Waals surface area contributed by atoms with E-state index in [2.05, 4.69) is 9.72 Å². The fraction of sp³-hybridized carbons (Fsp3) is 0.0714. The molecule has 0 atom stereocenters. The molecular formula is C14H9F3N2O3. The molecule has 1 aromatic carbocycles. The van der Waals surface area contributed by atoms with Crippen LogP contribution in [0.5, 0.6) is 0 Å². The maximum absolute atomic E-state index is 13.5. The molecule has 0 aliphatic heterocycles. The number of ether oxygens (including phenoxy) is 1. The number of amides is 1. The Morgan fingerprint density at radius 3 is 2.41 bits per heavy atom. The van der Waals surface area contributed by atoms with Gasteiger partial charge in [0.15, 0.2) is 17.5 Å². The van der Waals surface area contributed by atoms with Gasteiger partial charge in [-0.3, -0.25) is 4.79 Å². The molecule has 8 heteroatoms. The fourth-order valence-corrected chi connectivity index (χ4v) is 1.59. The van der Waals surface area contributed by atoms with Crippen molar-refractivity contribution in [3.8, 4) is 0 Å². The number of nitrogens with one attached hydrogen (secondary N) is 1. The summed E-state index contributed by atoms with van der Waals surface area (Å²) in [4.78, 5) is 27.0. The van der Waals surface area contributed by atoms with E-state index in [4.69, 9.17) is 0 Å². The molecule has 0 aliphatic carbocycles. The Morgan fingerprint density at radius 2 is 1.73 bits per heavy atom. The molecule has 0 radical (unpaired) electrons. The number of esters is 1. The summed E-state index contributed by atoms with van der Waals surface area (Å²) < 4.78 is 43.8. The van der Waals surface area contributed by atoms with Gasteiger partial charge in [0.1, 0.15) is 11.4 Å². The van der Waals surface area contributed by atoms with Crippen LogP contribution in [0.2, 0.25) is 0 Å². The Kier molecular flexibility index (Phi) is 4.40. The monoisotopic (exact) mass is 310 g/mol. The van der Waals surface area contributed by atoms with Gasteiger partial charge in [-0.25, -0.2) is 22.9 Å². The van der Waals surface area contributed by atoms with Crippen molar-refractivity contribution < 1.29 is 27.5 Å². The molecule has 1 aromatic heterocycles. The second kappa shape index (κ2) is 6.25. The van der Waals surface area contributed by atoms with Gasteiger partial charge in [0.2, 0.25) is 0 Å².